The van der Waals surface area contributed by atoms with Crippen molar-refractivity contribution < 1.29 is 9.59 Å². The third-order valence-electron chi connectivity index (χ3n) is 2.57. The minimum atomic E-state index is 0.711. The second kappa shape index (κ2) is 6.30. The zero-order valence-electron chi connectivity index (χ0n) is 9.39. The van der Waals surface area contributed by atoms with Crippen molar-refractivity contribution in [2.75, 3.05) is 0 Å². The standard InChI is InChI=1S/C12H18O2/c1-5-11(7-13)9(3)10(4)12(6-2)8-14/h7-8H,5-6H2,1-4H3. The number of aldehydes is 2. The first-order chi connectivity index (χ1) is 6.62. The Balaban J connectivity index is 5.28. The molecule has 0 aliphatic heterocycles. The molecule has 2 nitrogen and oxygen atoms in total. The summed E-state index contributed by atoms with van der Waals surface area (Å²) in [6, 6.07) is 0. The molecule has 0 aliphatic carbocycles. The van der Waals surface area contributed by atoms with Crippen molar-refractivity contribution in [2.45, 2.75) is 40.5 Å². The molecule has 0 aromatic rings. The third-order valence-corrected chi connectivity index (χ3v) is 2.57. The highest BCUT2D eigenvalue weighted by molar-refractivity contribution is 5.80. The third kappa shape index (κ3) is 2.95. The van der Waals surface area contributed by atoms with Gasteiger partial charge in [-0.2, -0.15) is 0 Å². The summed E-state index contributed by atoms with van der Waals surface area (Å²) in [6.45, 7) is 7.66. The highest BCUT2D eigenvalue weighted by Gasteiger charge is 2.05. The Morgan fingerprint density at radius 2 is 1.14 bits per heavy atom. The molecule has 0 aromatic heterocycles. The van der Waals surface area contributed by atoms with Gasteiger partial charge in [0, 0.05) is 0 Å². The van der Waals surface area contributed by atoms with Gasteiger partial charge in [-0.15, -0.1) is 0 Å². The summed E-state index contributed by atoms with van der Waals surface area (Å²) in [5.74, 6) is 0. The molecule has 14 heavy (non-hydrogen) atoms. The Kier molecular flexibility index (Phi) is 5.77. The Bertz CT molecular complexity index is 253. The zero-order valence-corrected chi connectivity index (χ0v) is 9.39. The lowest BCUT2D eigenvalue weighted by Crippen LogP contribution is -1.96. The van der Waals surface area contributed by atoms with Gasteiger partial charge in [0.05, 0.1) is 0 Å². The number of rotatable bonds is 5. The van der Waals surface area contributed by atoms with Crippen LogP contribution in [0, 0.1) is 0 Å². The quantitative estimate of drug-likeness (QED) is 0.383. The monoisotopic (exact) mass is 194 g/mol. The summed E-state index contributed by atoms with van der Waals surface area (Å²) < 4.78 is 0. The average Bonchev–Trinajstić information content (AvgIpc) is 2.21. The summed E-state index contributed by atoms with van der Waals surface area (Å²) >= 11 is 0. The van der Waals surface area contributed by atoms with Crippen LogP contribution in [0.15, 0.2) is 22.3 Å². The Morgan fingerprint density at radius 1 is 0.857 bits per heavy atom. The highest BCUT2D eigenvalue weighted by atomic mass is 16.1. The SMILES string of the molecule is CCC(C=O)=C(C)C(C)=C(C=O)CC. The normalized spacial score (nSPS) is 14.3. The lowest BCUT2D eigenvalue weighted by molar-refractivity contribution is -0.105. The zero-order chi connectivity index (χ0) is 11.1. The first-order valence-electron chi connectivity index (χ1n) is 4.92. The molecule has 0 bridgehead atoms. The minimum absolute atomic E-state index is 0.711. The summed E-state index contributed by atoms with van der Waals surface area (Å²) in [5.41, 5.74) is 3.42. The molecular formula is C12H18O2. The fourth-order valence-corrected chi connectivity index (χ4v) is 1.36. The van der Waals surface area contributed by atoms with Crippen LogP contribution in [0.1, 0.15) is 40.5 Å². The van der Waals surface area contributed by atoms with Crippen molar-refractivity contribution in [2.24, 2.45) is 0 Å². The molecule has 0 amide bonds. The molecule has 2 heteroatoms. The lowest BCUT2D eigenvalue weighted by atomic mass is 9.97. The van der Waals surface area contributed by atoms with Crippen molar-refractivity contribution in [3.63, 3.8) is 0 Å². The molecule has 0 unspecified atom stereocenters. The van der Waals surface area contributed by atoms with Crippen molar-refractivity contribution in [1.82, 2.24) is 0 Å². The van der Waals surface area contributed by atoms with Crippen LogP contribution in [0.25, 0.3) is 0 Å². The summed E-state index contributed by atoms with van der Waals surface area (Å²) in [7, 11) is 0. The van der Waals surface area contributed by atoms with Gasteiger partial charge < -0.3 is 0 Å². The van der Waals surface area contributed by atoms with Gasteiger partial charge in [0.15, 0.2) is 0 Å². The van der Waals surface area contributed by atoms with E-state index in [1.807, 2.05) is 27.7 Å². The number of hydrogen-bond acceptors (Lipinski definition) is 2. The van der Waals surface area contributed by atoms with Gasteiger partial charge in [-0.3, -0.25) is 9.59 Å². The van der Waals surface area contributed by atoms with Crippen LogP contribution >= 0.6 is 0 Å². The number of hydrogen-bond donors (Lipinski definition) is 0. The van der Waals surface area contributed by atoms with E-state index in [9.17, 15) is 9.59 Å². The summed E-state index contributed by atoms with van der Waals surface area (Å²) in [6.07, 6.45) is 3.17. The maximum absolute atomic E-state index is 10.7. The van der Waals surface area contributed by atoms with E-state index in [0.29, 0.717) is 12.8 Å². The van der Waals surface area contributed by atoms with E-state index < -0.39 is 0 Å². The second-order valence-corrected chi connectivity index (χ2v) is 3.24. The average molecular weight is 194 g/mol. The molecule has 0 saturated heterocycles. The molecule has 78 valence electrons. The van der Waals surface area contributed by atoms with E-state index in [4.69, 9.17) is 0 Å². The molecule has 0 heterocycles. The molecule has 0 saturated carbocycles. The molecule has 0 aromatic carbocycles. The van der Waals surface area contributed by atoms with Crippen LogP contribution in [0.4, 0.5) is 0 Å². The van der Waals surface area contributed by atoms with E-state index in [0.717, 1.165) is 34.9 Å². The van der Waals surface area contributed by atoms with Crippen molar-refractivity contribution in [3.05, 3.63) is 22.3 Å². The van der Waals surface area contributed by atoms with Gasteiger partial charge in [-0.1, -0.05) is 13.8 Å². The van der Waals surface area contributed by atoms with Crippen molar-refractivity contribution in [3.8, 4) is 0 Å². The van der Waals surface area contributed by atoms with Gasteiger partial charge in [-0.25, -0.2) is 0 Å². The first kappa shape index (κ1) is 12.8. The van der Waals surface area contributed by atoms with Crippen LogP contribution in [0.5, 0.6) is 0 Å². The van der Waals surface area contributed by atoms with Crippen LogP contribution in [-0.2, 0) is 9.59 Å². The first-order valence-corrected chi connectivity index (χ1v) is 4.92. The van der Waals surface area contributed by atoms with Crippen LogP contribution in [-0.4, -0.2) is 12.6 Å². The van der Waals surface area contributed by atoms with Crippen molar-refractivity contribution >= 4 is 12.6 Å². The molecular weight excluding hydrogens is 176 g/mol. The van der Waals surface area contributed by atoms with Gasteiger partial charge >= 0.3 is 0 Å². The topological polar surface area (TPSA) is 34.1 Å². The Hall–Kier alpha value is -1.18. The fraction of sp³-hybridized carbons (Fsp3) is 0.500. The van der Waals surface area contributed by atoms with Crippen LogP contribution in [0.2, 0.25) is 0 Å². The smallest absolute Gasteiger partial charge is 0.146 e. The predicted octanol–water partition coefficient (Wildman–Crippen LogP) is 2.84. The van der Waals surface area contributed by atoms with E-state index in [-0.39, 0.29) is 0 Å². The largest absolute Gasteiger partial charge is 0.298 e. The second-order valence-electron chi connectivity index (χ2n) is 3.24. The Morgan fingerprint density at radius 3 is 1.29 bits per heavy atom. The molecule has 0 atom stereocenters. The maximum atomic E-state index is 10.7. The molecule has 0 aliphatic rings. The van der Waals surface area contributed by atoms with Gasteiger partial charge in [-0.05, 0) is 49.0 Å². The van der Waals surface area contributed by atoms with Crippen molar-refractivity contribution in [1.29, 1.82) is 0 Å². The lowest BCUT2D eigenvalue weighted by Gasteiger charge is -2.08. The Labute approximate surface area is 85.7 Å². The maximum Gasteiger partial charge on any atom is 0.146 e. The van der Waals surface area contributed by atoms with Crippen LogP contribution < -0.4 is 0 Å². The highest BCUT2D eigenvalue weighted by Crippen LogP contribution is 2.19. The van der Waals surface area contributed by atoms with Gasteiger partial charge in [0.1, 0.15) is 12.6 Å². The van der Waals surface area contributed by atoms with E-state index in [1.165, 1.54) is 0 Å². The van der Waals surface area contributed by atoms with Gasteiger partial charge in [0.25, 0.3) is 0 Å². The van der Waals surface area contributed by atoms with E-state index >= 15 is 0 Å². The number of allylic oxidation sites excluding steroid dienone is 4. The minimum Gasteiger partial charge on any atom is -0.298 e. The molecule has 0 spiro atoms. The molecule has 0 rings (SSSR count). The molecule has 0 N–H and O–H groups in total. The number of carbonyl (C=O) groups excluding carboxylic acids is 2. The number of carbonyl (C=O) groups is 2. The molecule has 0 radical (unpaired) electrons. The molecule has 0 fully saturated rings. The summed E-state index contributed by atoms with van der Waals surface area (Å²) in [4.78, 5) is 21.4. The van der Waals surface area contributed by atoms with E-state index in [1.54, 1.807) is 0 Å². The van der Waals surface area contributed by atoms with E-state index in [2.05, 4.69) is 0 Å². The summed E-state index contributed by atoms with van der Waals surface area (Å²) in [5, 5.41) is 0. The van der Waals surface area contributed by atoms with Crippen LogP contribution in [0.3, 0.4) is 0 Å². The fourth-order valence-electron chi connectivity index (χ4n) is 1.36. The van der Waals surface area contributed by atoms with Gasteiger partial charge in [0.2, 0.25) is 0 Å². The predicted molar refractivity (Wildman–Crippen MR) is 58.1 cm³/mol.